The molecular formula is C15H13NS. The summed E-state index contributed by atoms with van der Waals surface area (Å²) in [6.45, 7) is 8.55. The van der Waals surface area contributed by atoms with Crippen molar-refractivity contribution in [3.8, 4) is 0 Å². The van der Waals surface area contributed by atoms with E-state index in [1.165, 1.54) is 32.0 Å². The van der Waals surface area contributed by atoms with E-state index in [4.69, 9.17) is 0 Å². The first-order valence-electron chi connectivity index (χ1n) is 5.60. The summed E-state index contributed by atoms with van der Waals surface area (Å²) in [5.41, 5.74) is 6.16. The maximum atomic E-state index is 4.25. The Balaban J connectivity index is 2.30. The van der Waals surface area contributed by atoms with Gasteiger partial charge in [-0.2, -0.15) is 0 Å². The number of nitrogens with zero attached hydrogens (tertiary/aromatic N) is 1. The summed E-state index contributed by atoms with van der Waals surface area (Å²) in [5.74, 6) is 0. The number of pyridine rings is 1. The fourth-order valence-electron chi connectivity index (χ4n) is 2.23. The molecule has 0 amide bonds. The van der Waals surface area contributed by atoms with Gasteiger partial charge in [0.25, 0.3) is 0 Å². The van der Waals surface area contributed by atoms with Crippen LogP contribution in [0.25, 0.3) is 5.57 Å². The van der Waals surface area contributed by atoms with Gasteiger partial charge in [-0.05, 0) is 42.2 Å². The number of rotatable bonds is 0. The third-order valence-electron chi connectivity index (χ3n) is 3.18. The molecule has 17 heavy (non-hydrogen) atoms. The average Bonchev–Trinajstić information content (AvgIpc) is 2.34. The van der Waals surface area contributed by atoms with Gasteiger partial charge in [0.05, 0.1) is 0 Å². The first-order valence-corrected chi connectivity index (χ1v) is 6.42. The van der Waals surface area contributed by atoms with Crippen LogP contribution in [0, 0.1) is 13.8 Å². The van der Waals surface area contributed by atoms with Crippen molar-refractivity contribution >= 4 is 17.3 Å². The van der Waals surface area contributed by atoms with E-state index < -0.39 is 0 Å². The van der Waals surface area contributed by atoms with Crippen LogP contribution in [-0.2, 0) is 0 Å². The van der Waals surface area contributed by atoms with E-state index >= 15 is 0 Å². The van der Waals surface area contributed by atoms with Gasteiger partial charge in [-0.1, -0.05) is 30.5 Å². The summed E-state index contributed by atoms with van der Waals surface area (Å²) in [6.07, 6.45) is 3.75. The Morgan fingerprint density at radius 1 is 1.12 bits per heavy atom. The number of benzene rings is 1. The van der Waals surface area contributed by atoms with E-state index in [1.807, 2.05) is 24.2 Å². The van der Waals surface area contributed by atoms with E-state index in [1.54, 1.807) is 0 Å². The van der Waals surface area contributed by atoms with Crippen LogP contribution < -0.4 is 0 Å². The molecule has 0 N–H and O–H groups in total. The molecule has 2 aromatic rings. The predicted molar refractivity (Wildman–Crippen MR) is 72.4 cm³/mol. The van der Waals surface area contributed by atoms with Crippen molar-refractivity contribution in [1.82, 2.24) is 4.98 Å². The number of aromatic nitrogens is 1. The first kappa shape index (κ1) is 10.6. The van der Waals surface area contributed by atoms with Gasteiger partial charge in [0, 0.05) is 27.7 Å². The van der Waals surface area contributed by atoms with Crippen LogP contribution in [0.15, 0.2) is 47.0 Å². The Kier molecular flexibility index (Phi) is 2.33. The number of fused-ring (bicyclic) bond motifs is 2. The molecule has 1 aliphatic heterocycles. The quantitative estimate of drug-likeness (QED) is 0.582. The highest BCUT2D eigenvalue weighted by Crippen LogP contribution is 2.46. The van der Waals surface area contributed by atoms with E-state index in [2.05, 4.69) is 43.6 Å². The van der Waals surface area contributed by atoms with Gasteiger partial charge in [0.15, 0.2) is 0 Å². The standard InChI is InChI=1S/C15H13NS/c1-9-4-5-10(2)15-14(9)11(3)12-8-16-7-6-13(12)17-15/h4-8H,3H2,1-2H3. The second kappa shape index (κ2) is 3.74. The molecule has 0 radical (unpaired) electrons. The van der Waals surface area contributed by atoms with Crippen molar-refractivity contribution in [2.24, 2.45) is 0 Å². The SMILES string of the molecule is C=C1c2cnccc2Sc2c(C)ccc(C)c21. The van der Waals surface area contributed by atoms with Crippen LogP contribution in [0.5, 0.6) is 0 Å². The zero-order valence-electron chi connectivity index (χ0n) is 9.95. The van der Waals surface area contributed by atoms with Crippen LogP contribution in [0.3, 0.4) is 0 Å². The Bertz CT molecular complexity index is 629. The highest BCUT2D eigenvalue weighted by atomic mass is 32.2. The van der Waals surface area contributed by atoms with Gasteiger partial charge in [-0.25, -0.2) is 0 Å². The molecule has 0 bridgehead atoms. The zero-order valence-corrected chi connectivity index (χ0v) is 10.8. The summed E-state index contributed by atoms with van der Waals surface area (Å²) in [5, 5.41) is 0. The zero-order chi connectivity index (χ0) is 12.0. The van der Waals surface area contributed by atoms with Gasteiger partial charge >= 0.3 is 0 Å². The molecule has 1 aliphatic rings. The van der Waals surface area contributed by atoms with Crippen LogP contribution in [-0.4, -0.2) is 4.98 Å². The topological polar surface area (TPSA) is 12.9 Å². The van der Waals surface area contributed by atoms with Crippen LogP contribution in [0.1, 0.15) is 22.3 Å². The van der Waals surface area contributed by atoms with Crippen molar-refractivity contribution in [2.45, 2.75) is 23.6 Å². The maximum absolute atomic E-state index is 4.25. The second-order valence-corrected chi connectivity index (χ2v) is 5.41. The fourth-order valence-corrected chi connectivity index (χ4v) is 3.48. The smallest absolute Gasteiger partial charge is 0.0357 e. The average molecular weight is 239 g/mol. The summed E-state index contributed by atoms with van der Waals surface area (Å²) in [4.78, 5) is 6.80. The Morgan fingerprint density at radius 3 is 2.71 bits per heavy atom. The summed E-state index contributed by atoms with van der Waals surface area (Å²) in [7, 11) is 0. The molecule has 84 valence electrons. The molecule has 3 rings (SSSR count). The van der Waals surface area contributed by atoms with Crippen molar-refractivity contribution < 1.29 is 0 Å². The van der Waals surface area contributed by atoms with E-state index in [-0.39, 0.29) is 0 Å². The lowest BCUT2D eigenvalue weighted by Crippen LogP contribution is -2.02. The van der Waals surface area contributed by atoms with Crippen molar-refractivity contribution in [2.75, 3.05) is 0 Å². The minimum Gasteiger partial charge on any atom is -0.264 e. The largest absolute Gasteiger partial charge is 0.264 e. The second-order valence-electron chi connectivity index (χ2n) is 4.36. The number of hydrogen-bond acceptors (Lipinski definition) is 2. The molecule has 2 heteroatoms. The minimum atomic E-state index is 1.10. The Morgan fingerprint density at radius 2 is 1.88 bits per heavy atom. The normalized spacial score (nSPS) is 13.2. The molecular weight excluding hydrogens is 226 g/mol. The van der Waals surface area contributed by atoms with Crippen LogP contribution in [0.2, 0.25) is 0 Å². The maximum Gasteiger partial charge on any atom is 0.0357 e. The summed E-state index contributed by atoms with van der Waals surface area (Å²) in [6, 6.07) is 6.41. The van der Waals surface area contributed by atoms with Gasteiger partial charge in [-0.15, -0.1) is 0 Å². The summed E-state index contributed by atoms with van der Waals surface area (Å²) < 4.78 is 0. The van der Waals surface area contributed by atoms with Crippen molar-refractivity contribution in [3.05, 3.63) is 59.4 Å². The lowest BCUT2D eigenvalue weighted by molar-refractivity contribution is 1.16. The third kappa shape index (κ3) is 1.52. The lowest BCUT2D eigenvalue weighted by atomic mass is 9.94. The van der Waals surface area contributed by atoms with Gasteiger partial charge in [0.1, 0.15) is 0 Å². The van der Waals surface area contributed by atoms with Crippen LogP contribution >= 0.6 is 11.8 Å². The lowest BCUT2D eigenvalue weighted by Gasteiger charge is -2.24. The molecule has 1 aromatic heterocycles. The van der Waals surface area contributed by atoms with Gasteiger partial charge in [-0.3, -0.25) is 4.98 Å². The molecule has 0 aliphatic carbocycles. The van der Waals surface area contributed by atoms with Crippen LogP contribution in [0.4, 0.5) is 0 Å². The Labute approximate surface area is 106 Å². The highest BCUT2D eigenvalue weighted by molar-refractivity contribution is 7.99. The molecule has 0 spiro atoms. The molecule has 0 saturated heterocycles. The molecule has 0 fully saturated rings. The predicted octanol–water partition coefficient (Wildman–Crippen LogP) is 4.22. The monoisotopic (exact) mass is 239 g/mol. The van der Waals surface area contributed by atoms with Crippen molar-refractivity contribution in [3.63, 3.8) is 0 Å². The first-order chi connectivity index (χ1) is 8.18. The molecule has 1 nitrogen and oxygen atoms in total. The number of hydrogen-bond donors (Lipinski definition) is 0. The molecule has 1 aromatic carbocycles. The third-order valence-corrected chi connectivity index (χ3v) is 4.49. The van der Waals surface area contributed by atoms with E-state index in [9.17, 15) is 0 Å². The Hall–Kier alpha value is -1.54. The molecule has 2 heterocycles. The molecule has 0 unspecified atom stereocenters. The van der Waals surface area contributed by atoms with Crippen molar-refractivity contribution in [1.29, 1.82) is 0 Å². The van der Waals surface area contributed by atoms with E-state index in [0.717, 1.165) is 5.57 Å². The van der Waals surface area contributed by atoms with E-state index in [0.29, 0.717) is 0 Å². The number of aryl methyl sites for hydroxylation is 2. The molecule has 0 saturated carbocycles. The van der Waals surface area contributed by atoms with Gasteiger partial charge < -0.3 is 0 Å². The fraction of sp³-hybridized carbons (Fsp3) is 0.133. The van der Waals surface area contributed by atoms with Gasteiger partial charge in [0.2, 0.25) is 0 Å². The summed E-state index contributed by atoms with van der Waals surface area (Å²) >= 11 is 1.83. The minimum absolute atomic E-state index is 1.10. The molecule has 0 atom stereocenters. The highest BCUT2D eigenvalue weighted by Gasteiger charge is 2.22.